The Kier molecular flexibility index (Phi) is 6.08. The Balaban J connectivity index is 2.49. The molecule has 19 heavy (non-hydrogen) atoms. The largest absolute Gasteiger partial charge is 0.496 e. The minimum Gasteiger partial charge on any atom is -0.496 e. The van der Waals surface area contributed by atoms with Crippen molar-refractivity contribution in [2.24, 2.45) is 5.92 Å². The lowest BCUT2D eigenvalue weighted by Gasteiger charge is -2.13. The highest BCUT2D eigenvalue weighted by atomic mass is 32.1. The number of methoxy groups -OCH3 is 1. The van der Waals surface area contributed by atoms with Crippen molar-refractivity contribution in [1.82, 2.24) is 16.2 Å². The summed E-state index contributed by atoms with van der Waals surface area (Å²) in [5.74, 6) is 0.693. The van der Waals surface area contributed by atoms with Crippen molar-refractivity contribution >= 4 is 23.2 Å². The lowest BCUT2D eigenvalue weighted by Crippen LogP contribution is -2.47. The molecule has 1 rings (SSSR count). The maximum atomic E-state index is 11.9. The molecule has 6 heteroatoms. The number of carbonyl (C=O) groups is 1. The first-order valence-electron chi connectivity index (χ1n) is 6.01. The average molecular weight is 281 g/mol. The van der Waals surface area contributed by atoms with Crippen molar-refractivity contribution in [2.45, 2.75) is 13.8 Å². The summed E-state index contributed by atoms with van der Waals surface area (Å²) in [4.78, 5) is 11.9. The Morgan fingerprint density at radius 2 is 2.00 bits per heavy atom. The Morgan fingerprint density at radius 1 is 1.32 bits per heavy atom. The number of carbonyl (C=O) groups excluding carboxylic acids is 1. The lowest BCUT2D eigenvalue weighted by molar-refractivity contribution is 0.0940. The van der Waals surface area contributed by atoms with E-state index in [1.807, 2.05) is 0 Å². The van der Waals surface area contributed by atoms with Crippen molar-refractivity contribution < 1.29 is 9.53 Å². The SMILES string of the molecule is COc1ccccc1C(=O)NNC(=S)NCC(C)C. The van der Waals surface area contributed by atoms with Gasteiger partial charge >= 0.3 is 0 Å². The minimum absolute atomic E-state index is 0.300. The second-order valence-corrected chi connectivity index (χ2v) is 4.79. The lowest BCUT2D eigenvalue weighted by atomic mass is 10.2. The third kappa shape index (κ3) is 5.13. The summed E-state index contributed by atoms with van der Waals surface area (Å²) in [6, 6.07) is 6.98. The Hall–Kier alpha value is -1.82. The minimum atomic E-state index is -0.300. The molecule has 3 N–H and O–H groups in total. The molecule has 0 fully saturated rings. The van der Waals surface area contributed by atoms with Crippen LogP contribution in [0.2, 0.25) is 0 Å². The van der Waals surface area contributed by atoms with E-state index in [-0.39, 0.29) is 5.91 Å². The van der Waals surface area contributed by atoms with Crippen LogP contribution in [-0.2, 0) is 0 Å². The summed E-state index contributed by atoms with van der Waals surface area (Å²) in [7, 11) is 1.52. The van der Waals surface area contributed by atoms with Crippen LogP contribution in [0.25, 0.3) is 0 Å². The van der Waals surface area contributed by atoms with Crippen LogP contribution in [0.4, 0.5) is 0 Å². The molecule has 0 saturated carbocycles. The number of ether oxygens (including phenoxy) is 1. The van der Waals surface area contributed by atoms with Crippen LogP contribution in [-0.4, -0.2) is 24.7 Å². The van der Waals surface area contributed by atoms with Gasteiger partial charge in [0.05, 0.1) is 12.7 Å². The number of benzene rings is 1. The van der Waals surface area contributed by atoms with Gasteiger partial charge in [-0.15, -0.1) is 0 Å². The van der Waals surface area contributed by atoms with Crippen LogP contribution < -0.4 is 20.9 Å². The first kappa shape index (κ1) is 15.2. The highest BCUT2D eigenvalue weighted by molar-refractivity contribution is 7.80. The number of thiocarbonyl (C=S) groups is 1. The Bertz CT molecular complexity index is 449. The molecule has 0 aromatic heterocycles. The number of hydrogen-bond acceptors (Lipinski definition) is 3. The second-order valence-electron chi connectivity index (χ2n) is 4.38. The van der Waals surface area contributed by atoms with Gasteiger partial charge in [-0.25, -0.2) is 0 Å². The molecule has 1 aromatic carbocycles. The van der Waals surface area contributed by atoms with Gasteiger partial charge in [-0.05, 0) is 30.3 Å². The molecule has 5 nitrogen and oxygen atoms in total. The van der Waals surface area contributed by atoms with Crippen molar-refractivity contribution in [3.05, 3.63) is 29.8 Å². The molecule has 0 saturated heterocycles. The van der Waals surface area contributed by atoms with Gasteiger partial charge in [0.25, 0.3) is 5.91 Å². The van der Waals surface area contributed by atoms with Gasteiger partial charge in [0, 0.05) is 6.54 Å². The van der Waals surface area contributed by atoms with Gasteiger partial charge in [-0.2, -0.15) is 0 Å². The Morgan fingerprint density at radius 3 is 2.63 bits per heavy atom. The molecular formula is C13H19N3O2S. The maximum absolute atomic E-state index is 11.9. The molecule has 0 aliphatic heterocycles. The summed E-state index contributed by atoms with van der Waals surface area (Å²) in [5.41, 5.74) is 5.63. The van der Waals surface area contributed by atoms with E-state index >= 15 is 0 Å². The standard InChI is InChI=1S/C13H19N3O2S/c1-9(2)8-14-13(19)16-15-12(17)10-6-4-5-7-11(10)18-3/h4-7,9H,8H2,1-3H3,(H,15,17)(H2,14,16,19). The van der Waals surface area contributed by atoms with Crippen LogP contribution >= 0.6 is 12.2 Å². The van der Waals surface area contributed by atoms with Gasteiger partial charge in [-0.1, -0.05) is 26.0 Å². The number of rotatable bonds is 4. The van der Waals surface area contributed by atoms with Crippen LogP contribution in [0.3, 0.4) is 0 Å². The summed E-state index contributed by atoms with van der Waals surface area (Å²) < 4.78 is 5.12. The van der Waals surface area contributed by atoms with E-state index in [4.69, 9.17) is 17.0 Å². The van der Waals surface area contributed by atoms with E-state index in [0.29, 0.717) is 22.3 Å². The fourth-order valence-electron chi connectivity index (χ4n) is 1.35. The maximum Gasteiger partial charge on any atom is 0.273 e. The van der Waals surface area contributed by atoms with Gasteiger partial charge < -0.3 is 10.1 Å². The molecular weight excluding hydrogens is 262 g/mol. The molecule has 0 unspecified atom stereocenters. The van der Waals surface area contributed by atoms with E-state index in [1.54, 1.807) is 24.3 Å². The number of amides is 1. The number of para-hydroxylation sites is 1. The predicted octanol–water partition coefficient (Wildman–Crippen LogP) is 1.46. The third-order valence-corrected chi connectivity index (χ3v) is 2.56. The van der Waals surface area contributed by atoms with Crippen molar-refractivity contribution in [3.63, 3.8) is 0 Å². The smallest absolute Gasteiger partial charge is 0.273 e. The van der Waals surface area contributed by atoms with Gasteiger partial charge in [0.2, 0.25) is 0 Å². The average Bonchev–Trinajstić information content (AvgIpc) is 2.42. The van der Waals surface area contributed by atoms with Crippen molar-refractivity contribution in [1.29, 1.82) is 0 Å². The van der Waals surface area contributed by atoms with Crippen molar-refractivity contribution in [3.8, 4) is 5.75 Å². The van der Waals surface area contributed by atoms with E-state index in [0.717, 1.165) is 6.54 Å². The first-order chi connectivity index (χ1) is 9.04. The van der Waals surface area contributed by atoms with E-state index in [9.17, 15) is 4.79 Å². The predicted molar refractivity (Wildman–Crippen MR) is 79.0 cm³/mol. The summed E-state index contributed by atoms with van der Waals surface area (Å²) >= 11 is 5.03. The molecule has 0 heterocycles. The van der Waals surface area contributed by atoms with Crippen LogP contribution in [0.15, 0.2) is 24.3 Å². The summed E-state index contributed by atoms with van der Waals surface area (Å²) in [5, 5.41) is 3.38. The fraction of sp³-hybridized carbons (Fsp3) is 0.385. The normalized spacial score (nSPS) is 9.89. The van der Waals surface area contributed by atoms with E-state index < -0.39 is 0 Å². The Labute approximate surface area is 118 Å². The number of nitrogens with one attached hydrogen (secondary N) is 3. The molecule has 0 aliphatic rings. The monoisotopic (exact) mass is 281 g/mol. The fourth-order valence-corrected chi connectivity index (χ4v) is 1.49. The van der Waals surface area contributed by atoms with Crippen LogP contribution in [0.5, 0.6) is 5.75 Å². The van der Waals surface area contributed by atoms with E-state index in [2.05, 4.69) is 30.0 Å². The molecule has 104 valence electrons. The van der Waals surface area contributed by atoms with Gasteiger partial charge in [0.1, 0.15) is 5.75 Å². The van der Waals surface area contributed by atoms with Crippen LogP contribution in [0, 0.1) is 5.92 Å². The number of hydrazine groups is 1. The van der Waals surface area contributed by atoms with E-state index in [1.165, 1.54) is 7.11 Å². The molecule has 1 aromatic rings. The second kappa shape index (κ2) is 7.58. The van der Waals surface area contributed by atoms with Gasteiger partial charge in [-0.3, -0.25) is 15.6 Å². The summed E-state index contributed by atoms with van der Waals surface area (Å²) in [6.07, 6.45) is 0. The quantitative estimate of drug-likeness (QED) is 0.576. The topological polar surface area (TPSA) is 62.4 Å². The first-order valence-corrected chi connectivity index (χ1v) is 6.42. The zero-order chi connectivity index (χ0) is 14.3. The molecule has 0 spiro atoms. The molecule has 0 radical (unpaired) electrons. The number of hydrogen-bond donors (Lipinski definition) is 3. The van der Waals surface area contributed by atoms with Gasteiger partial charge in [0.15, 0.2) is 5.11 Å². The zero-order valence-corrected chi connectivity index (χ0v) is 12.1. The zero-order valence-electron chi connectivity index (χ0n) is 11.3. The van der Waals surface area contributed by atoms with Crippen molar-refractivity contribution in [2.75, 3.05) is 13.7 Å². The summed E-state index contributed by atoms with van der Waals surface area (Å²) in [6.45, 7) is 4.89. The van der Waals surface area contributed by atoms with Crippen LogP contribution in [0.1, 0.15) is 24.2 Å². The third-order valence-electron chi connectivity index (χ3n) is 2.31. The molecule has 0 aliphatic carbocycles. The molecule has 1 amide bonds. The molecule has 0 atom stereocenters. The highest BCUT2D eigenvalue weighted by Gasteiger charge is 2.11. The highest BCUT2D eigenvalue weighted by Crippen LogP contribution is 2.16. The molecule has 0 bridgehead atoms.